The van der Waals surface area contributed by atoms with Gasteiger partial charge in [0.2, 0.25) is 5.16 Å². The average molecular weight is 486 g/mol. The maximum atomic E-state index is 13.1. The van der Waals surface area contributed by atoms with Crippen molar-refractivity contribution in [3.05, 3.63) is 88.5 Å². The zero-order valence-electron chi connectivity index (χ0n) is 17.7. The number of nitrogens with zero attached hydrogens (tertiary/aromatic N) is 4. The molecule has 11 heteroatoms. The van der Waals surface area contributed by atoms with Crippen LogP contribution in [0.25, 0.3) is 17.1 Å². The minimum absolute atomic E-state index is 0.0113. The fourth-order valence-corrected chi connectivity index (χ4v) is 4.16. The van der Waals surface area contributed by atoms with Crippen molar-refractivity contribution in [1.29, 1.82) is 0 Å². The molecule has 0 aliphatic heterocycles. The van der Waals surface area contributed by atoms with E-state index >= 15 is 0 Å². The molecule has 4 aromatic rings. The summed E-state index contributed by atoms with van der Waals surface area (Å²) in [5, 5.41) is 20.2. The number of nitro benzene ring substituents is 1. The Morgan fingerprint density at radius 3 is 2.35 bits per heavy atom. The highest BCUT2D eigenvalue weighted by Gasteiger charge is 2.33. The lowest BCUT2D eigenvalue weighted by Gasteiger charge is -2.12. The van der Waals surface area contributed by atoms with Crippen molar-refractivity contribution >= 4 is 17.4 Å². The smallest absolute Gasteiger partial charge is 0.416 e. The fourth-order valence-electron chi connectivity index (χ4n) is 3.22. The van der Waals surface area contributed by atoms with Crippen molar-refractivity contribution in [2.24, 2.45) is 0 Å². The topological polar surface area (TPSA) is 83.1 Å². The Labute approximate surface area is 196 Å². The highest BCUT2D eigenvalue weighted by atomic mass is 32.2. The Morgan fingerprint density at radius 1 is 1.03 bits per heavy atom. The molecule has 0 aliphatic rings. The van der Waals surface area contributed by atoms with Crippen LogP contribution in [0.3, 0.4) is 0 Å². The van der Waals surface area contributed by atoms with Crippen LogP contribution >= 0.6 is 11.8 Å². The zero-order valence-corrected chi connectivity index (χ0v) is 18.5. The van der Waals surface area contributed by atoms with Crippen molar-refractivity contribution in [2.75, 3.05) is 6.61 Å². The van der Waals surface area contributed by atoms with Crippen molar-refractivity contribution in [3.8, 4) is 22.8 Å². The first-order valence-electron chi connectivity index (χ1n) is 10.1. The van der Waals surface area contributed by atoms with E-state index in [4.69, 9.17) is 4.74 Å². The Kier molecular flexibility index (Phi) is 6.55. The van der Waals surface area contributed by atoms with E-state index in [0.717, 1.165) is 29.5 Å². The van der Waals surface area contributed by atoms with Crippen LogP contribution in [0.5, 0.6) is 5.75 Å². The number of halogens is 3. The van der Waals surface area contributed by atoms with Crippen molar-refractivity contribution in [2.45, 2.75) is 23.2 Å². The van der Waals surface area contributed by atoms with E-state index < -0.39 is 22.4 Å². The molecule has 1 aromatic heterocycles. The summed E-state index contributed by atoms with van der Waals surface area (Å²) < 4.78 is 46.4. The van der Waals surface area contributed by atoms with Gasteiger partial charge in [0.25, 0.3) is 5.69 Å². The van der Waals surface area contributed by atoms with E-state index in [-0.39, 0.29) is 10.1 Å². The number of aromatic nitrogens is 3. The molecule has 0 saturated heterocycles. The lowest BCUT2D eigenvalue weighted by atomic mass is 10.2. The van der Waals surface area contributed by atoms with E-state index in [9.17, 15) is 23.3 Å². The summed E-state index contributed by atoms with van der Waals surface area (Å²) in [6.45, 7) is 2.37. The van der Waals surface area contributed by atoms with Crippen molar-refractivity contribution in [1.82, 2.24) is 14.8 Å². The highest BCUT2D eigenvalue weighted by Crippen LogP contribution is 2.40. The minimum Gasteiger partial charge on any atom is -0.494 e. The summed E-state index contributed by atoms with van der Waals surface area (Å²) in [7, 11) is 0. The van der Waals surface area contributed by atoms with E-state index in [1.807, 2.05) is 37.3 Å². The molecule has 4 rings (SSSR count). The molecule has 0 saturated carbocycles. The molecule has 0 unspecified atom stereocenters. The molecule has 0 radical (unpaired) electrons. The quantitative estimate of drug-likeness (QED) is 0.222. The predicted molar refractivity (Wildman–Crippen MR) is 120 cm³/mol. The third kappa shape index (κ3) is 4.88. The number of alkyl halides is 3. The molecule has 34 heavy (non-hydrogen) atoms. The Balaban J connectivity index is 1.82. The summed E-state index contributed by atoms with van der Waals surface area (Å²) in [6.07, 6.45) is -4.70. The van der Waals surface area contributed by atoms with Gasteiger partial charge in [-0.3, -0.25) is 14.7 Å². The van der Waals surface area contributed by atoms with E-state index in [0.29, 0.717) is 29.9 Å². The predicted octanol–water partition coefficient (Wildman–Crippen LogP) is 6.41. The summed E-state index contributed by atoms with van der Waals surface area (Å²) in [4.78, 5) is 10.7. The largest absolute Gasteiger partial charge is 0.494 e. The number of hydrogen-bond acceptors (Lipinski definition) is 6. The van der Waals surface area contributed by atoms with Crippen LogP contribution in [-0.2, 0) is 6.18 Å². The first-order chi connectivity index (χ1) is 16.3. The molecule has 3 aromatic carbocycles. The first-order valence-corrected chi connectivity index (χ1v) is 10.9. The molecular formula is C23H17F3N4O3S. The lowest BCUT2D eigenvalue weighted by molar-refractivity contribution is -0.388. The molecule has 0 spiro atoms. The SMILES string of the molecule is CCOc1ccc(-n2c(Sc3ccc(C(F)(F)F)cc3[N+](=O)[O-])nnc2-c2ccccc2)cc1. The summed E-state index contributed by atoms with van der Waals surface area (Å²) in [6, 6.07) is 18.7. The normalized spacial score (nSPS) is 11.4. The molecule has 0 amide bonds. The molecule has 7 nitrogen and oxygen atoms in total. The number of rotatable bonds is 7. The number of benzene rings is 3. The number of nitro groups is 1. The van der Waals surface area contributed by atoms with Crippen LogP contribution in [0.2, 0.25) is 0 Å². The minimum atomic E-state index is -4.70. The van der Waals surface area contributed by atoms with Crippen LogP contribution in [0.4, 0.5) is 18.9 Å². The third-order valence-corrected chi connectivity index (χ3v) is 5.77. The lowest BCUT2D eigenvalue weighted by Crippen LogP contribution is -2.06. The fraction of sp³-hybridized carbons (Fsp3) is 0.130. The van der Waals surface area contributed by atoms with Gasteiger partial charge < -0.3 is 4.74 Å². The van der Waals surface area contributed by atoms with Crippen molar-refractivity contribution in [3.63, 3.8) is 0 Å². The second kappa shape index (κ2) is 9.56. The monoisotopic (exact) mass is 486 g/mol. The third-order valence-electron chi connectivity index (χ3n) is 4.76. The van der Waals surface area contributed by atoms with Crippen molar-refractivity contribution < 1.29 is 22.8 Å². The molecule has 0 N–H and O–H groups in total. The zero-order chi connectivity index (χ0) is 24.3. The van der Waals surface area contributed by atoms with Crippen LogP contribution in [0.1, 0.15) is 12.5 Å². The second-order valence-corrected chi connectivity index (χ2v) is 7.98. The Bertz CT molecular complexity index is 1310. The first kappa shape index (κ1) is 23.3. The van der Waals surface area contributed by atoms with Crippen LogP contribution in [0, 0.1) is 10.1 Å². The van der Waals surface area contributed by atoms with Gasteiger partial charge in [-0.25, -0.2) is 0 Å². The molecular weight excluding hydrogens is 469 g/mol. The van der Waals surface area contributed by atoms with E-state index in [1.54, 1.807) is 28.8 Å². The van der Waals surface area contributed by atoms with Gasteiger partial charge in [0.15, 0.2) is 5.82 Å². The van der Waals surface area contributed by atoms with Gasteiger partial charge in [0.05, 0.1) is 27.7 Å². The Hall–Kier alpha value is -3.86. The van der Waals surface area contributed by atoms with Gasteiger partial charge in [-0.1, -0.05) is 30.3 Å². The molecule has 174 valence electrons. The highest BCUT2D eigenvalue weighted by molar-refractivity contribution is 7.99. The molecule has 1 heterocycles. The molecule has 0 atom stereocenters. The molecule has 0 bridgehead atoms. The second-order valence-electron chi connectivity index (χ2n) is 6.97. The maximum absolute atomic E-state index is 13.1. The Morgan fingerprint density at radius 2 is 1.74 bits per heavy atom. The maximum Gasteiger partial charge on any atom is 0.416 e. The summed E-state index contributed by atoms with van der Waals surface area (Å²) >= 11 is 0.862. The van der Waals surface area contributed by atoms with Crippen LogP contribution in [0.15, 0.2) is 82.8 Å². The van der Waals surface area contributed by atoms with Gasteiger partial charge in [-0.05, 0) is 55.1 Å². The van der Waals surface area contributed by atoms with Gasteiger partial charge in [-0.15, -0.1) is 10.2 Å². The summed E-state index contributed by atoms with van der Waals surface area (Å²) in [5.74, 6) is 1.13. The van der Waals surface area contributed by atoms with E-state index in [1.165, 1.54) is 0 Å². The van der Waals surface area contributed by atoms with E-state index in [2.05, 4.69) is 10.2 Å². The average Bonchev–Trinajstić information content (AvgIpc) is 3.23. The molecule has 0 fully saturated rings. The number of ether oxygens (including phenoxy) is 1. The number of hydrogen-bond donors (Lipinski definition) is 0. The van der Waals surface area contributed by atoms with Gasteiger partial charge in [0.1, 0.15) is 5.75 Å². The van der Waals surface area contributed by atoms with Gasteiger partial charge in [-0.2, -0.15) is 13.2 Å². The van der Waals surface area contributed by atoms with Crippen LogP contribution < -0.4 is 4.74 Å². The molecule has 0 aliphatic carbocycles. The standard InChI is InChI=1S/C23H17F3N4O3S/c1-2-33-18-11-9-17(10-12-18)29-21(15-6-4-3-5-7-15)27-28-22(29)34-20-13-8-16(23(24,25)26)14-19(20)30(31)32/h3-14H,2H2,1H3. The van der Waals surface area contributed by atoms with Crippen LogP contribution in [-0.4, -0.2) is 26.3 Å². The van der Waals surface area contributed by atoms with Gasteiger partial charge >= 0.3 is 6.18 Å². The summed E-state index contributed by atoms with van der Waals surface area (Å²) in [5.41, 5.74) is -0.356. The van der Waals surface area contributed by atoms with Gasteiger partial charge in [0, 0.05) is 11.6 Å².